The van der Waals surface area contributed by atoms with Crippen molar-refractivity contribution in [2.45, 2.75) is 20.3 Å². The van der Waals surface area contributed by atoms with Gasteiger partial charge in [0.05, 0.1) is 10.9 Å². The number of aliphatic carboxylic acids is 1. The minimum Gasteiger partial charge on any atom is -0.478 e. The van der Waals surface area contributed by atoms with Crippen molar-refractivity contribution in [3.63, 3.8) is 0 Å². The lowest BCUT2D eigenvalue weighted by molar-refractivity contribution is -0.131. The maximum absolute atomic E-state index is 14.2. The maximum atomic E-state index is 14.2. The summed E-state index contributed by atoms with van der Waals surface area (Å²) < 4.78 is 14.2. The van der Waals surface area contributed by atoms with Crippen molar-refractivity contribution in [2.75, 3.05) is 0 Å². The van der Waals surface area contributed by atoms with Crippen molar-refractivity contribution < 1.29 is 14.3 Å². The Bertz CT molecular complexity index is 1310. The molecule has 0 saturated heterocycles. The SMILES string of the molecule is CCC(=C(c1ccc(C=CC(=O)O)cc1)c1ccc2[nH]nc(F)c2c1)c1cscc1C. The number of H-pyrrole nitrogens is 1. The molecule has 31 heavy (non-hydrogen) atoms. The molecule has 4 rings (SSSR count). The van der Waals surface area contributed by atoms with Crippen LogP contribution >= 0.6 is 11.3 Å². The van der Waals surface area contributed by atoms with E-state index in [0.717, 1.165) is 34.8 Å². The van der Waals surface area contributed by atoms with Crippen LogP contribution < -0.4 is 0 Å². The van der Waals surface area contributed by atoms with Crippen LogP contribution in [0.1, 0.15) is 41.2 Å². The van der Waals surface area contributed by atoms with Gasteiger partial charge < -0.3 is 5.11 Å². The highest BCUT2D eigenvalue weighted by atomic mass is 32.1. The Morgan fingerprint density at radius 1 is 1.16 bits per heavy atom. The minimum atomic E-state index is -0.985. The molecule has 2 N–H and O–H groups in total. The lowest BCUT2D eigenvalue weighted by Gasteiger charge is -2.16. The van der Waals surface area contributed by atoms with E-state index in [-0.39, 0.29) is 0 Å². The van der Waals surface area contributed by atoms with Crippen molar-refractivity contribution in [1.82, 2.24) is 10.2 Å². The van der Waals surface area contributed by atoms with Crippen molar-refractivity contribution in [2.24, 2.45) is 0 Å². The Morgan fingerprint density at radius 2 is 1.90 bits per heavy atom. The number of nitrogens with zero attached hydrogens (tertiary/aromatic N) is 1. The number of benzene rings is 2. The number of fused-ring (bicyclic) bond motifs is 1. The first-order chi connectivity index (χ1) is 15.0. The second kappa shape index (κ2) is 8.70. The van der Waals surface area contributed by atoms with Crippen molar-refractivity contribution >= 4 is 45.4 Å². The predicted molar refractivity (Wildman–Crippen MR) is 124 cm³/mol. The van der Waals surface area contributed by atoms with Crippen LogP contribution in [0.3, 0.4) is 0 Å². The number of thiophene rings is 1. The molecule has 0 saturated carbocycles. The Morgan fingerprint density at radius 3 is 2.55 bits per heavy atom. The Hall–Kier alpha value is -3.51. The highest BCUT2D eigenvalue weighted by molar-refractivity contribution is 7.08. The van der Waals surface area contributed by atoms with E-state index < -0.39 is 11.9 Å². The van der Waals surface area contributed by atoms with Crippen LogP contribution in [0.25, 0.3) is 28.1 Å². The predicted octanol–water partition coefficient (Wildman–Crippen LogP) is 6.54. The van der Waals surface area contributed by atoms with E-state index in [0.29, 0.717) is 10.9 Å². The summed E-state index contributed by atoms with van der Waals surface area (Å²) in [7, 11) is 0. The number of aryl methyl sites for hydroxylation is 1. The van der Waals surface area contributed by atoms with Gasteiger partial charge in [-0.2, -0.15) is 15.7 Å². The van der Waals surface area contributed by atoms with Crippen LogP contribution in [0.15, 0.2) is 59.3 Å². The maximum Gasteiger partial charge on any atom is 0.328 e. The van der Waals surface area contributed by atoms with Gasteiger partial charge in [0.2, 0.25) is 5.95 Å². The van der Waals surface area contributed by atoms with Gasteiger partial charge in [-0.25, -0.2) is 4.79 Å². The van der Waals surface area contributed by atoms with Crippen LogP contribution in [0.5, 0.6) is 0 Å². The molecule has 0 fully saturated rings. The van der Waals surface area contributed by atoms with Crippen LogP contribution in [-0.4, -0.2) is 21.3 Å². The highest BCUT2D eigenvalue weighted by Gasteiger charge is 2.17. The van der Waals surface area contributed by atoms with E-state index in [9.17, 15) is 9.18 Å². The summed E-state index contributed by atoms with van der Waals surface area (Å²) in [6, 6.07) is 13.4. The van der Waals surface area contributed by atoms with E-state index in [4.69, 9.17) is 5.11 Å². The quantitative estimate of drug-likeness (QED) is 0.340. The Kier molecular flexibility index (Phi) is 5.82. The molecule has 0 radical (unpaired) electrons. The van der Waals surface area contributed by atoms with Crippen molar-refractivity contribution in [1.29, 1.82) is 0 Å². The smallest absolute Gasteiger partial charge is 0.328 e. The molecule has 2 aromatic heterocycles. The zero-order chi connectivity index (χ0) is 22.0. The summed E-state index contributed by atoms with van der Waals surface area (Å²) in [5, 5.41) is 20.0. The standard InChI is InChI=1S/C25H21FN2O2S/c1-3-19(21-14-31-13-15(21)2)24(17-7-4-16(5-8-17)6-11-23(29)30)18-9-10-22-20(12-18)25(26)28-27-22/h4-14H,3H2,1-2H3,(H,27,28)(H,29,30). The molecule has 156 valence electrons. The summed E-state index contributed by atoms with van der Waals surface area (Å²) in [5.41, 5.74) is 7.94. The average molecular weight is 433 g/mol. The molecule has 4 nitrogen and oxygen atoms in total. The van der Waals surface area contributed by atoms with Gasteiger partial charge in [-0.3, -0.25) is 5.10 Å². The molecular formula is C25H21FN2O2S. The van der Waals surface area contributed by atoms with Gasteiger partial charge in [-0.1, -0.05) is 37.3 Å². The second-order valence-electron chi connectivity index (χ2n) is 7.24. The Labute approximate surface area is 183 Å². The van der Waals surface area contributed by atoms with Crippen molar-refractivity contribution in [3.05, 3.63) is 93.1 Å². The Balaban J connectivity index is 1.92. The third kappa shape index (κ3) is 4.20. The van der Waals surface area contributed by atoms with Crippen LogP contribution in [0, 0.1) is 12.9 Å². The van der Waals surface area contributed by atoms with Crippen molar-refractivity contribution in [3.8, 4) is 0 Å². The first-order valence-electron chi connectivity index (χ1n) is 9.89. The second-order valence-corrected chi connectivity index (χ2v) is 7.99. The molecule has 2 heterocycles. The minimum absolute atomic E-state index is 0.452. The largest absolute Gasteiger partial charge is 0.478 e. The number of halogens is 1. The van der Waals surface area contributed by atoms with Crippen LogP contribution in [0.2, 0.25) is 0 Å². The summed E-state index contributed by atoms with van der Waals surface area (Å²) in [6.07, 6.45) is 3.49. The number of carboxylic acid groups (broad SMARTS) is 1. The number of carbonyl (C=O) groups is 1. The lowest BCUT2D eigenvalue weighted by Crippen LogP contribution is -1.96. The van der Waals surface area contributed by atoms with Gasteiger partial charge in [0.1, 0.15) is 0 Å². The molecule has 0 unspecified atom stereocenters. The van der Waals surface area contributed by atoms with E-state index in [2.05, 4.69) is 34.8 Å². The monoisotopic (exact) mass is 432 g/mol. The molecule has 0 aliphatic heterocycles. The summed E-state index contributed by atoms with van der Waals surface area (Å²) >= 11 is 1.66. The fraction of sp³-hybridized carbons (Fsp3) is 0.120. The van der Waals surface area contributed by atoms with E-state index in [1.165, 1.54) is 16.7 Å². The topological polar surface area (TPSA) is 66.0 Å². The molecule has 0 aliphatic rings. The van der Waals surface area contributed by atoms with E-state index in [1.807, 2.05) is 42.5 Å². The summed E-state index contributed by atoms with van der Waals surface area (Å²) in [6.45, 7) is 4.21. The van der Waals surface area contributed by atoms with Gasteiger partial charge in [0.25, 0.3) is 0 Å². The molecule has 0 spiro atoms. The molecule has 6 heteroatoms. The average Bonchev–Trinajstić information content (AvgIpc) is 3.36. The number of allylic oxidation sites excluding steroid dienone is 1. The highest BCUT2D eigenvalue weighted by Crippen LogP contribution is 2.37. The first kappa shape index (κ1) is 20.8. The van der Waals surface area contributed by atoms with Crippen LogP contribution in [-0.2, 0) is 4.79 Å². The summed E-state index contributed by atoms with van der Waals surface area (Å²) in [4.78, 5) is 10.8. The van der Waals surface area contributed by atoms with Gasteiger partial charge in [0, 0.05) is 6.08 Å². The molecule has 2 aromatic carbocycles. The third-order valence-electron chi connectivity index (χ3n) is 5.26. The van der Waals surface area contributed by atoms with E-state index in [1.54, 1.807) is 17.4 Å². The number of nitrogens with one attached hydrogen (secondary N) is 1. The number of hydrogen-bond acceptors (Lipinski definition) is 3. The number of rotatable bonds is 6. The molecule has 0 aliphatic carbocycles. The van der Waals surface area contributed by atoms with E-state index >= 15 is 0 Å². The molecule has 0 amide bonds. The number of hydrogen-bond donors (Lipinski definition) is 2. The molecule has 4 aromatic rings. The molecular weight excluding hydrogens is 411 g/mol. The summed E-state index contributed by atoms with van der Waals surface area (Å²) in [5.74, 6) is -1.50. The van der Waals surface area contributed by atoms with Crippen LogP contribution in [0.4, 0.5) is 4.39 Å². The van der Waals surface area contributed by atoms with Gasteiger partial charge in [-0.05, 0) is 81.3 Å². The third-order valence-corrected chi connectivity index (χ3v) is 6.12. The molecule has 0 bridgehead atoms. The number of aromatic nitrogens is 2. The number of aromatic amines is 1. The lowest BCUT2D eigenvalue weighted by atomic mass is 9.87. The normalized spacial score (nSPS) is 12.5. The van der Waals surface area contributed by atoms with Gasteiger partial charge in [-0.15, -0.1) is 5.10 Å². The fourth-order valence-corrected chi connectivity index (χ4v) is 4.62. The van der Waals surface area contributed by atoms with Gasteiger partial charge in [0.15, 0.2) is 0 Å². The number of carboxylic acids is 1. The fourth-order valence-electron chi connectivity index (χ4n) is 3.75. The first-order valence-corrected chi connectivity index (χ1v) is 10.8. The molecule has 0 atom stereocenters. The zero-order valence-corrected chi connectivity index (χ0v) is 18.0. The van der Waals surface area contributed by atoms with Gasteiger partial charge >= 0.3 is 5.97 Å². The zero-order valence-electron chi connectivity index (χ0n) is 17.1.